The van der Waals surface area contributed by atoms with E-state index >= 15 is 0 Å². The molecule has 1 heterocycles. The van der Waals surface area contributed by atoms with E-state index in [4.69, 9.17) is 5.26 Å². The zero-order valence-electron chi connectivity index (χ0n) is 20.0. The van der Waals surface area contributed by atoms with Crippen LogP contribution in [0.3, 0.4) is 0 Å². The van der Waals surface area contributed by atoms with Crippen molar-refractivity contribution in [3.05, 3.63) is 17.7 Å². The first-order valence-corrected chi connectivity index (χ1v) is 13.0. The first-order chi connectivity index (χ1) is 15.6. The Morgan fingerprint density at radius 3 is 2.70 bits per heavy atom. The van der Waals surface area contributed by atoms with Crippen molar-refractivity contribution in [2.45, 2.75) is 77.9 Å². The molecule has 11 atom stereocenters. The van der Waals surface area contributed by atoms with Gasteiger partial charge in [-0.15, -0.1) is 5.10 Å². The Balaban J connectivity index is 1.25. The van der Waals surface area contributed by atoms with Gasteiger partial charge in [0.2, 0.25) is 5.95 Å². The standard InChI is InChI=1S/C27H36FN3O2/c1-14-21-22(14)24(20(32)13-31-12-16(11-29)25(28)30-31)27(3)9-7-18-17-6-8-26(2,33)10-15(17)4-5-19(18)23(21)27/h12,14-15,17-19,21-24,33H,4-10,13H2,1-3H3/t14-,15+,17-,18+,19+,21?,22-,23+,24-,26+,27-/m0/s1. The van der Waals surface area contributed by atoms with E-state index in [9.17, 15) is 14.3 Å². The molecule has 5 nitrogen and oxygen atoms in total. The molecule has 1 N–H and O–H groups in total. The summed E-state index contributed by atoms with van der Waals surface area (Å²) < 4.78 is 15.2. The van der Waals surface area contributed by atoms with E-state index in [1.165, 1.54) is 30.1 Å². The number of ketones is 1. The highest BCUT2D eigenvalue weighted by atomic mass is 19.1. The van der Waals surface area contributed by atoms with Crippen molar-refractivity contribution in [2.24, 2.45) is 58.7 Å². The number of nitriles is 1. The summed E-state index contributed by atoms with van der Waals surface area (Å²) in [4.78, 5) is 13.6. The van der Waals surface area contributed by atoms with Crippen molar-refractivity contribution in [1.29, 1.82) is 5.26 Å². The van der Waals surface area contributed by atoms with Gasteiger partial charge in [-0.05, 0) is 105 Å². The Morgan fingerprint density at radius 2 is 1.97 bits per heavy atom. The molecular weight excluding hydrogens is 417 g/mol. The minimum absolute atomic E-state index is 0.0195. The van der Waals surface area contributed by atoms with Crippen LogP contribution in [-0.2, 0) is 11.3 Å². The lowest BCUT2D eigenvalue weighted by Gasteiger charge is -2.58. The molecule has 5 saturated carbocycles. The predicted octanol–water partition coefficient (Wildman–Crippen LogP) is 4.58. The van der Waals surface area contributed by atoms with E-state index in [0.29, 0.717) is 35.5 Å². The maximum Gasteiger partial charge on any atom is 0.250 e. The number of hydrogen-bond acceptors (Lipinski definition) is 4. The van der Waals surface area contributed by atoms with Crippen LogP contribution >= 0.6 is 0 Å². The Kier molecular flexibility index (Phi) is 4.71. The molecule has 5 aliphatic rings. The number of aliphatic hydroxyl groups is 1. The van der Waals surface area contributed by atoms with Crippen molar-refractivity contribution in [3.63, 3.8) is 0 Å². The van der Waals surface area contributed by atoms with Gasteiger partial charge in [-0.3, -0.25) is 9.48 Å². The van der Waals surface area contributed by atoms with Gasteiger partial charge >= 0.3 is 0 Å². The van der Waals surface area contributed by atoms with Crippen molar-refractivity contribution in [1.82, 2.24) is 9.78 Å². The molecule has 0 radical (unpaired) electrons. The number of nitrogens with zero attached hydrogens (tertiary/aromatic N) is 3. The molecule has 6 rings (SSSR count). The summed E-state index contributed by atoms with van der Waals surface area (Å²) in [7, 11) is 0. The monoisotopic (exact) mass is 453 g/mol. The van der Waals surface area contributed by atoms with E-state index < -0.39 is 11.5 Å². The molecule has 5 fully saturated rings. The van der Waals surface area contributed by atoms with Gasteiger partial charge in [0.25, 0.3) is 0 Å². The van der Waals surface area contributed by atoms with Crippen LogP contribution < -0.4 is 0 Å². The molecule has 0 bridgehead atoms. The van der Waals surface area contributed by atoms with E-state index in [1.807, 2.05) is 13.0 Å². The second-order valence-electron chi connectivity index (χ2n) is 12.7. The summed E-state index contributed by atoms with van der Waals surface area (Å²) in [6.07, 6.45) is 9.17. The smallest absolute Gasteiger partial charge is 0.250 e. The second kappa shape index (κ2) is 7.13. The number of rotatable bonds is 3. The summed E-state index contributed by atoms with van der Waals surface area (Å²) in [5.74, 6) is 4.55. The Labute approximate surface area is 195 Å². The van der Waals surface area contributed by atoms with Gasteiger partial charge in [-0.25, -0.2) is 0 Å². The van der Waals surface area contributed by atoms with Crippen LogP contribution in [0, 0.1) is 76.0 Å². The highest BCUT2D eigenvalue weighted by molar-refractivity contribution is 5.83. The molecule has 0 saturated heterocycles. The van der Waals surface area contributed by atoms with Gasteiger partial charge in [0, 0.05) is 12.1 Å². The summed E-state index contributed by atoms with van der Waals surface area (Å²) in [5.41, 5.74) is -0.563. The zero-order valence-corrected chi connectivity index (χ0v) is 20.0. The molecule has 0 spiro atoms. The lowest BCUT2D eigenvalue weighted by atomic mass is 9.47. The van der Waals surface area contributed by atoms with Gasteiger partial charge in [0.1, 0.15) is 11.6 Å². The predicted molar refractivity (Wildman–Crippen MR) is 120 cm³/mol. The number of halogens is 1. The third-order valence-electron chi connectivity index (χ3n) is 11.1. The maximum absolute atomic E-state index is 13.8. The lowest BCUT2D eigenvalue weighted by molar-refractivity contribution is -0.137. The molecule has 178 valence electrons. The van der Waals surface area contributed by atoms with Gasteiger partial charge in [0.15, 0.2) is 5.78 Å². The fourth-order valence-electron chi connectivity index (χ4n) is 9.90. The Hall–Kier alpha value is -1.74. The van der Waals surface area contributed by atoms with E-state index in [2.05, 4.69) is 18.9 Å². The van der Waals surface area contributed by atoms with Gasteiger partial charge in [-0.2, -0.15) is 9.65 Å². The van der Waals surface area contributed by atoms with Gasteiger partial charge in [-0.1, -0.05) is 13.8 Å². The quantitative estimate of drug-likeness (QED) is 0.726. The normalized spacial score (nSPS) is 49.9. The molecule has 6 heteroatoms. The van der Waals surface area contributed by atoms with E-state index in [1.54, 1.807) is 0 Å². The van der Waals surface area contributed by atoms with Crippen LogP contribution in [-0.4, -0.2) is 26.3 Å². The SMILES string of the molecule is C[C@H]1C2[C@H]1[C@H](C(=O)Cn1cc(C#N)c(F)n1)[C@@]1(C)CC[C@H]3[C@@H](CC[C@@H]4C[C@](C)(O)CC[C@@H]43)[C@H]21. The number of fused-ring (bicyclic) bond motifs is 7. The highest BCUT2D eigenvalue weighted by Crippen LogP contribution is 2.76. The third-order valence-corrected chi connectivity index (χ3v) is 11.1. The Morgan fingerprint density at radius 1 is 1.21 bits per heavy atom. The maximum atomic E-state index is 13.8. The van der Waals surface area contributed by atoms with Gasteiger partial charge < -0.3 is 5.11 Å². The molecule has 5 aliphatic carbocycles. The molecule has 1 aromatic heterocycles. The first-order valence-electron chi connectivity index (χ1n) is 13.0. The van der Waals surface area contributed by atoms with Crippen LogP contribution in [0.1, 0.15) is 71.3 Å². The summed E-state index contributed by atoms with van der Waals surface area (Å²) >= 11 is 0. The summed E-state index contributed by atoms with van der Waals surface area (Å²) in [6, 6.07) is 1.81. The van der Waals surface area contributed by atoms with Gasteiger partial charge in [0.05, 0.1) is 12.1 Å². The largest absolute Gasteiger partial charge is 0.390 e. The molecule has 1 aromatic rings. The fraction of sp³-hybridized carbons (Fsp3) is 0.815. The fourth-order valence-corrected chi connectivity index (χ4v) is 9.90. The molecule has 33 heavy (non-hydrogen) atoms. The average Bonchev–Trinajstić information content (AvgIpc) is 3.10. The van der Waals surface area contributed by atoms with Crippen molar-refractivity contribution in [2.75, 3.05) is 0 Å². The number of aromatic nitrogens is 2. The Bertz CT molecular complexity index is 1030. The summed E-state index contributed by atoms with van der Waals surface area (Å²) in [5, 5.41) is 23.5. The molecule has 1 unspecified atom stereocenters. The average molecular weight is 454 g/mol. The zero-order chi connectivity index (χ0) is 23.3. The number of carbonyl (C=O) groups excluding carboxylic acids is 1. The molecular formula is C27H36FN3O2. The number of Topliss-reactive ketones (excluding diaryl/α,β-unsaturated/α-hetero) is 1. The molecule has 0 aliphatic heterocycles. The van der Waals surface area contributed by atoms with Crippen LogP contribution in [0.25, 0.3) is 0 Å². The number of carbonyl (C=O) groups is 1. The minimum Gasteiger partial charge on any atom is -0.390 e. The van der Waals surface area contributed by atoms with Crippen molar-refractivity contribution < 1.29 is 14.3 Å². The van der Waals surface area contributed by atoms with Crippen LogP contribution in [0.4, 0.5) is 4.39 Å². The van der Waals surface area contributed by atoms with Crippen LogP contribution in [0.5, 0.6) is 0 Å². The number of hydrogen-bond donors (Lipinski definition) is 1. The molecule has 0 aromatic carbocycles. The van der Waals surface area contributed by atoms with Crippen molar-refractivity contribution >= 4 is 5.78 Å². The summed E-state index contributed by atoms with van der Waals surface area (Å²) in [6.45, 7) is 6.78. The van der Waals surface area contributed by atoms with Crippen LogP contribution in [0.2, 0.25) is 0 Å². The second-order valence-corrected chi connectivity index (χ2v) is 12.7. The van der Waals surface area contributed by atoms with E-state index in [0.717, 1.165) is 37.5 Å². The lowest BCUT2D eigenvalue weighted by Crippen LogP contribution is -2.52. The molecule has 0 amide bonds. The minimum atomic E-state index is -0.790. The highest BCUT2D eigenvalue weighted by Gasteiger charge is 2.73. The first kappa shape index (κ1) is 21.8. The van der Waals surface area contributed by atoms with Crippen LogP contribution in [0.15, 0.2) is 6.20 Å². The topological polar surface area (TPSA) is 78.9 Å². The van der Waals surface area contributed by atoms with E-state index in [-0.39, 0.29) is 29.2 Å². The van der Waals surface area contributed by atoms with Crippen molar-refractivity contribution in [3.8, 4) is 6.07 Å². The third kappa shape index (κ3) is 3.10.